The molecule has 2 N–H and O–H groups in total. The highest BCUT2D eigenvalue weighted by atomic mass is 19.1. The number of halogens is 1. The van der Waals surface area contributed by atoms with Crippen LogP contribution in [0.1, 0.15) is 31.0 Å². The number of hydrogen-bond donors (Lipinski definition) is 2. The van der Waals surface area contributed by atoms with E-state index >= 15 is 0 Å². The van der Waals surface area contributed by atoms with E-state index < -0.39 is 24.3 Å². The van der Waals surface area contributed by atoms with Crippen LogP contribution in [0, 0.1) is 0 Å². The Morgan fingerprint density at radius 1 is 1.55 bits per heavy atom. The first-order valence-electron chi connectivity index (χ1n) is 6.87. The van der Waals surface area contributed by atoms with E-state index in [2.05, 4.69) is 10.1 Å². The van der Waals surface area contributed by atoms with E-state index in [1.165, 1.54) is 0 Å². The van der Waals surface area contributed by atoms with Gasteiger partial charge < -0.3 is 15.2 Å². The normalized spacial score (nSPS) is 24.0. The summed E-state index contributed by atoms with van der Waals surface area (Å²) in [5, 5.41) is 13.1. The fourth-order valence-electron chi connectivity index (χ4n) is 2.57. The van der Waals surface area contributed by atoms with E-state index in [-0.39, 0.29) is 12.6 Å². The van der Waals surface area contributed by atoms with Crippen LogP contribution in [0.5, 0.6) is 0 Å². The van der Waals surface area contributed by atoms with Crippen LogP contribution >= 0.6 is 0 Å². The monoisotopic (exact) mass is 281 g/mol. The predicted octanol–water partition coefficient (Wildman–Crippen LogP) is 1.52. The molecule has 0 aromatic heterocycles. The van der Waals surface area contributed by atoms with Crippen molar-refractivity contribution in [1.29, 1.82) is 0 Å². The van der Waals surface area contributed by atoms with Crippen molar-refractivity contribution in [1.82, 2.24) is 5.32 Å². The summed E-state index contributed by atoms with van der Waals surface area (Å²) < 4.78 is 18.6. The van der Waals surface area contributed by atoms with Gasteiger partial charge in [0.15, 0.2) is 0 Å². The molecule has 0 radical (unpaired) electrons. The fraction of sp³-hybridized carbons (Fsp3) is 0.533. The Kier molecular flexibility index (Phi) is 4.73. The number of ether oxygens (including phenoxy) is 1. The van der Waals surface area contributed by atoms with E-state index in [4.69, 9.17) is 0 Å². The van der Waals surface area contributed by atoms with Crippen molar-refractivity contribution in [2.24, 2.45) is 0 Å². The number of aliphatic hydroxyl groups is 1. The summed E-state index contributed by atoms with van der Waals surface area (Å²) >= 11 is 0. The predicted molar refractivity (Wildman–Crippen MR) is 73.0 cm³/mol. The quantitative estimate of drug-likeness (QED) is 0.804. The van der Waals surface area contributed by atoms with Gasteiger partial charge in [0.2, 0.25) is 6.17 Å². The minimum Gasteiger partial charge on any atom is -0.464 e. The molecule has 1 aliphatic carbocycles. The summed E-state index contributed by atoms with van der Waals surface area (Å²) in [5.74, 6) is -0.867. The van der Waals surface area contributed by atoms with Crippen LogP contribution in [-0.4, -0.2) is 36.0 Å². The Bertz CT molecular complexity index is 480. The number of hydrogen-bond acceptors (Lipinski definition) is 4. The van der Waals surface area contributed by atoms with Gasteiger partial charge in [-0.05, 0) is 25.0 Å². The van der Waals surface area contributed by atoms with E-state index in [1.807, 2.05) is 24.3 Å². The molecular weight excluding hydrogens is 261 g/mol. The lowest BCUT2D eigenvalue weighted by atomic mass is 10.1. The molecule has 4 nitrogen and oxygen atoms in total. The third-order valence-electron chi connectivity index (χ3n) is 3.60. The smallest absolute Gasteiger partial charge is 0.342 e. The highest BCUT2D eigenvalue weighted by Crippen LogP contribution is 2.31. The van der Waals surface area contributed by atoms with E-state index in [1.54, 1.807) is 13.8 Å². The van der Waals surface area contributed by atoms with Crippen LogP contribution in [-0.2, 0) is 16.0 Å². The summed E-state index contributed by atoms with van der Waals surface area (Å²) in [5.41, 5.74) is 2.01. The van der Waals surface area contributed by atoms with Crippen molar-refractivity contribution in [3.8, 4) is 0 Å². The van der Waals surface area contributed by atoms with Crippen molar-refractivity contribution in [2.75, 3.05) is 6.61 Å². The van der Waals surface area contributed by atoms with Gasteiger partial charge in [-0.3, -0.25) is 0 Å². The number of aliphatic hydroxyl groups excluding tert-OH is 1. The van der Waals surface area contributed by atoms with Crippen LogP contribution in [0.15, 0.2) is 24.3 Å². The Labute approximate surface area is 117 Å². The summed E-state index contributed by atoms with van der Waals surface area (Å²) in [4.78, 5) is 11.4. The molecular formula is C15H20FNO3. The number of rotatable bonds is 5. The summed E-state index contributed by atoms with van der Waals surface area (Å²) in [6.07, 6.45) is -1.81. The van der Waals surface area contributed by atoms with Gasteiger partial charge in [0.1, 0.15) is 0 Å². The molecule has 0 aliphatic heterocycles. The van der Waals surface area contributed by atoms with Crippen LogP contribution in [0.25, 0.3) is 0 Å². The number of carbonyl (C=O) groups excluding carboxylic acids is 1. The largest absolute Gasteiger partial charge is 0.464 e. The molecule has 0 heterocycles. The average Bonchev–Trinajstić information content (AvgIpc) is 2.74. The van der Waals surface area contributed by atoms with Gasteiger partial charge >= 0.3 is 5.97 Å². The Hall–Kier alpha value is -1.46. The number of fused-ring (bicyclic) bond motifs is 1. The van der Waals surface area contributed by atoms with E-state index in [0.717, 1.165) is 11.1 Å². The number of alkyl halides is 1. The summed E-state index contributed by atoms with van der Waals surface area (Å²) in [7, 11) is 0. The molecule has 0 amide bonds. The van der Waals surface area contributed by atoms with Gasteiger partial charge in [-0.15, -0.1) is 0 Å². The molecule has 1 aliphatic rings. The van der Waals surface area contributed by atoms with Crippen molar-refractivity contribution in [3.63, 3.8) is 0 Å². The lowest BCUT2D eigenvalue weighted by Gasteiger charge is -2.24. The molecule has 0 fully saturated rings. The maximum absolute atomic E-state index is 13.9. The molecule has 5 heteroatoms. The van der Waals surface area contributed by atoms with Gasteiger partial charge in [0.05, 0.1) is 18.8 Å². The van der Waals surface area contributed by atoms with Crippen molar-refractivity contribution in [2.45, 2.75) is 44.6 Å². The SMILES string of the molecule is CCOC(=O)C(F)C(C)NC1c2ccccc2CC1O. The standard InChI is InChI=1S/C15H20FNO3/c1-3-20-15(19)13(16)9(2)17-14-11-7-5-4-6-10(11)8-12(14)18/h4-7,9,12-14,17-18H,3,8H2,1-2H3. The summed E-state index contributed by atoms with van der Waals surface area (Å²) in [6.45, 7) is 3.37. The molecule has 1 aromatic carbocycles. The van der Waals surface area contributed by atoms with E-state index in [9.17, 15) is 14.3 Å². The second-order valence-corrected chi connectivity index (χ2v) is 5.06. The molecule has 1 aromatic rings. The van der Waals surface area contributed by atoms with Gasteiger partial charge in [0.25, 0.3) is 0 Å². The molecule has 0 saturated heterocycles. The van der Waals surface area contributed by atoms with E-state index in [0.29, 0.717) is 6.42 Å². The molecule has 2 rings (SSSR count). The van der Waals surface area contributed by atoms with Crippen LogP contribution in [0.2, 0.25) is 0 Å². The number of benzene rings is 1. The first-order valence-corrected chi connectivity index (χ1v) is 6.87. The van der Waals surface area contributed by atoms with Crippen molar-refractivity contribution in [3.05, 3.63) is 35.4 Å². The number of esters is 1. The molecule has 0 saturated carbocycles. The highest BCUT2D eigenvalue weighted by molar-refractivity contribution is 5.75. The Morgan fingerprint density at radius 3 is 2.95 bits per heavy atom. The minimum absolute atomic E-state index is 0.154. The Morgan fingerprint density at radius 2 is 2.25 bits per heavy atom. The third kappa shape index (κ3) is 2.99. The number of nitrogens with one attached hydrogen (secondary N) is 1. The summed E-state index contributed by atoms with van der Waals surface area (Å²) in [6, 6.07) is 6.58. The number of carbonyl (C=O) groups is 1. The Balaban J connectivity index is 2.04. The van der Waals surface area contributed by atoms with Crippen molar-refractivity contribution < 1.29 is 19.0 Å². The van der Waals surface area contributed by atoms with Gasteiger partial charge in [-0.2, -0.15) is 0 Å². The fourth-order valence-corrected chi connectivity index (χ4v) is 2.57. The molecule has 4 atom stereocenters. The lowest BCUT2D eigenvalue weighted by Crippen LogP contribution is -2.44. The van der Waals surface area contributed by atoms with Crippen LogP contribution < -0.4 is 5.32 Å². The minimum atomic E-state index is -1.74. The van der Waals surface area contributed by atoms with Gasteiger partial charge in [-0.1, -0.05) is 24.3 Å². The highest BCUT2D eigenvalue weighted by Gasteiger charge is 2.35. The lowest BCUT2D eigenvalue weighted by molar-refractivity contribution is -0.150. The zero-order chi connectivity index (χ0) is 14.7. The topological polar surface area (TPSA) is 58.6 Å². The molecule has 0 spiro atoms. The van der Waals surface area contributed by atoms with Crippen LogP contribution in [0.3, 0.4) is 0 Å². The molecule has 110 valence electrons. The van der Waals surface area contributed by atoms with Gasteiger partial charge in [-0.25, -0.2) is 9.18 Å². The first-order chi connectivity index (χ1) is 9.54. The maximum Gasteiger partial charge on any atom is 0.342 e. The second kappa shape index (κ2) is 6.33. The maximum atomic E-state index is 13.9. The first kappa shape index (κ1) is 14.9. The zero-order valence-electron chi connectivity index (χ0n) is 11.7. The van der Waals surface area contributed by atoms with Crippen molar-refractivity contribution >= 4 is 5.97 Å². The van der Waals surface area contributed by atoms with Crippen LogP contribution in [0.4, 0.5) is 4.39 Å². The zero-order valence-corrected chi connectivity index (χ0v) is 11.7. The molecule has 20 heavy (non-hydrogen) atoms. The third-order valence-corrected chi connectivity index (χ3v) is 3.60. The molecule has 0 bridgehead atoms. The van der Waals surface area contributed by atoms with Gasteiger partial charge in [0, 0.05) is 12.5 Å². The second-order valence-electron chi connectivity index (χ2n) is 5.06. The molecule has 4 unspecified atom stereocenters. The average molecular weight is 281 g/mol.